The summed E-state index contributed by atoms with van der Waals surface area (Å²) in [5, 5.41) is 3.50. The van der Waals surface area contributed by atoms with Crippen molar-refractivity contribution in [2.75, 3.05) is 20.1 Å². The minimum Gasteiger partial charge on any atom is -0.337 e. The number of hydrogen-bond donors (Lipinski definition) is 1. The Morgan fingerprint density at radius 3 is 3.00 bits per heavy atom. The van der Waals surface area contributed by atoms with Gasteiger partial charge in [0.1, 0.15) is 5.15 Å². The molecule has 1 aliphatic heterocycles. The molecule has 6 heteroatoms. The van der Waals surface area contributed by atoms with Gasteiger partial charge in [0, 0.05) is 25.8 Å². The minimum atomic E-state index is -0.0631. The van der Waals surface area contributed by atoms with Crippen molar-refractivity contribution in [2.24, 2.45) is 0 Å². The molecular weight excluding hydrogens is 261 g/mol. The van der Waals surface area contributed by atoms with Crippen LogP contribution in [0.2, 0.25) is 5.15 Å². The number of rotatable bonds is 2. The molecule has 1 aromatic rings. The first-order chi connectivity index (χ1) is 7.70. The van der Waals surface area contributed by atoms with Crippen LogP contribution >= 0.6 is 24.0 Å². The Labute approximate surface area is 112 Å². The number of nitrogens with one attached hydrogen (secondary N) is 1. The van der Waals surface area contributed by atoms with Crippen molar-refractivity contribution in [3.8, 4) is 0 Å². The highest BCUT2D eigenvalue weighted by Crippen LogP contribution is 2.16. The van der Waals surface area contributed by atoms with E-state index >= 15 is 0 Å². The first kappa shape index (κ1) is 14.2. The van der Waals surface area contributed by atoms with E-state index in [4.69, 9.17) is 11.6 Å². The highest BCUT2D eigenvalue weighted by molar-refractivity contribution is 6.32. The fraction of sp³-hybridized carbons (Fsp3) is 0.455. The van der Waals surface area contributed by atoms with Crippen LogP contribution in [0.5, 0.6) is 0 Å². The van der Waals surface area contributed by atoms with Crippen LogP contribution in [-0.4, -0.2) is 42.0 Å². The van der Waals surface area contributed by atoms with Gasteiger partial charge in [-0.05, 0) is 25.1 Å². The number of carbonyl (C=O) groups excluding carboxylic acids is 1. The van der Waals surface area contributed by atoms with Crippen molar-refractivity contribution < 1.29 is 4.79 Å². The largest absolute Gasteiger partial charge is 0.337 e. The number of aromatic nitrogens is 1. The third-order valence-corrected chi connectivity index (χ3v) is 3.19. The van der Waals surface area contributed by atoms with Gasteiger partial charge < -0.3 is 10.2 Å². The first-order valence-corrected chi connectivity index (χ1v) is 5.66. The Kier molecular flexibility index (Phi) is 5.18. The Morgan fingerprint density at radius 2 is 2.41 bits per heavy atom. The Bertz CT molecular complexity index is 394. The molecule has 4 nitrogen and oxygen atoms in total. The van der Waals surface area contributed by atoms with Crippen LogP contribution in [0.25, 0.3) is 0 Å². The number of carbonyl (C=O) groups is 1. The van der Waals surface area contributed by atoms with Gasteiger partial charge in [-0.2, -0.15) is 0 Å². The third-order valence-electron chi connectivity index (χ3n) is 2.89. The maximum absolute atomic E-state index is 12.1. The molecule has 1 saturated heterocycles. The first-order valence-electron chi connectivity index (χ1n) is 5.28. The molecule has 1 N–H and O–H groups in total. The van der Waals surface area contributed by atoms with Crippen LogP contribution in [-0.2, 0) is 0 Å². The minimum absolute atomic E-state index is 0. The molecule has 0 unspecified atom stereocenters. The SMILES string of the molecule is CN(C(=O)c1cccnc1Cl)[C@@H]1CCNC1.Cl. The summed E-state index contributed by atoms with van der Waals surface area (Å²) in [6.45, 7) is 1.81. The maximum atomic E-state index is 12.1. The van der Waals surface area contributed by atoms with Crippen LogP contribution in [0, 0.1) is 0 Å². The summed E-state index contributed by atoms with van der Waals surface area (Å²) < 4.78 is 0. The summed E-state index contributed by atoms with van der Waals surface area (Å²) in [5.74, 6) is -0.0631. The fourth-order valence-corrected chi connectivity index (χ4v) is 2.07. The molecule has 2 rings (SSSR count). The molecule has 0 radical (unpaired) electrons. The molecule has 1 aromatic heterocycles. The number of amides is 1. The van der Waals surface area contributed by atoms with Gasteiger partial charge in [-0.15, -0.1) is 12.4 Å². The molecule has 0 bridgehead atoms. The zero-order valence-electron chi connectivity index (χ0n) is 9.52. The van der Waals surface area contributed by atoms with Gasteiger partial charge in [-0.25, -0.2) is 4.98 Å². The number of halogens is 2. The molecule has 0 aliphatic carbocycles. The van der Waals surface area contributed by atoms with Gasteiger partial charge in [0.15, 0.2) is 0 Å². The number of hydrogen-bond acceptors (Lipinski definition) is 3. The molecule has 2 heterocycles. The second-order valence-corrected chi connectivity index (χ2v) is 4.26. The van der Waals surface area contributed by atoms with Gasteiger partial charge in [0.25, 0.3) is 5.91 Å². The molecule has 94 valence electrons. The normalized spacial score (nSPS) is 18.6. The van der Waals surface area contributed by atoms with Gasteiger partial charge in [-0.3, -0.25) is 4.79 Å². The van der Waals surface area contributed by atoms with Crippen molar-refractivity contribution in [2.45, 2.75) is 12.5 Å². The highest BCUT2D eigenvalue weighted by atomic mass is 35.5. The van der Waals surface area contributed by atoms with E-state index in [2.05, 4.69) is 10.3 Å². The summed E-state index contributed by atoms with van der Waals surface area (Å²) in [5.41, 5.74) is 0.471. The molecule has 0 spiro atoms. The lowest BCUT2D eigenvalue weighted by molar-refractivity contribution is 0.0743. The summed E-state index contributed by atoms with van der Waals surface area (Å²) in [7, 11) is 1.81. The summed E-state index contributed by atoms with van der Waals surface area (Å²) >= 11 is 5.90. The molecule has 0 aromatic carbocycles. The maximum Gasteiger partial charge on any atom is 0.257 e. The molecular formula is C11H15Cl2N3O. The lowest BCUT2D eigenvalue weighted by Gasteiger charge is -2.23. The van der Waals surface area contributed by atoms with Gasteiger partial charge in [-0.1, -0.05) is 11.6 Å². The standard InChI is InChI=1S/C11H14ClN3O.ClH/c1-15(8-4-6-13-7-8)11(16)9-3-2-5-14-10(9)12;/h2-3,5,8,13H,4,6-7H2,1H3;1H/t8-;/m1./s1. The monoisotopic (exact) mass is 275 g/mol. The second kappa shape index (κ2) is 6.19. The molecule has 1 aliphatic rings. The van der Waals surface area contributed by atoms with Gasteiger partial charge in [0.2, 0.25) is 0 Å². The molecule has 17 heavy (non-hydrogen) atoms. The molecule has 1 amide bonds. The second-order valence-electron chi connectivity index (χ2n) is 3.90. The van der Waals surface area contributed by atoms with E-state index in [-0.39, 0.29) is 29.5 Å². The van der Waals surface area contributed by atoms with E-state index in [0.29, 0.717) is 5.56 Å². The van der Waals surface area contributed by atoms with Crippen molar-refractivity contribution >= 4 is 29.9 Å². The van der Waals surface area contributed by atoms with E-state index in [1.165, 1.54) is 0 Å². The van der Waals surface area contributed by atoms with Crippen LogP contribution in [0.1, 0.15) is 16.8 Å². The predicted molar refractivity (Wildman–Crippen MR) is 69.9 cm³/mol. The van der Waals surface area contributed by atoms with Crippen molar-refractivity contribution in [3.05, 3.63) is 29.0 Å². The smallest absolute Gasteiger partial charge is 0.257 e. The zero-order chi connectivity index (χ0) is 11.5. The number of pyridine rings is 1. The van der Waals surface area contributed by atoms with E-state index in [1.807, 2.05) is 7.05 Å². The average molecular weight is 276 g/mol. The van der Waals surface area contributed by atoms with Crippen LogP contribution < -0.4 is 5.32 Å². The number of nitrogens with zero attached hydrogens (tertiary/aromatic N) is 2. The summed E-state index contributed by atoms with van der Waals surface area (Å²) in [6.07, 6.45) is 2.57. The molecule has 1 fully saturated rings. The fourth-order valence-electron chi connectivity index (χ4n) is 1.87. The van der Waals surface area contributed by atoms with E-state index in [9.17, 15) is 4.79 Å². The van der Waals surface area contributed by atoms with Crippen LogP contribution in [0.3, 0.4) is 0 Å². The lowest BCUT2D eigenvalue weighted by atomic mass is 10.2. The lowest BCUT2D eigenvalue weighted by Crippen LogP contribution is -2.38. The zero-order valence-corrected chi connectivity index (χ0v) is 11.1. The summed E-state index contributed by atoms with van der Waals surface area (Å²) in [4.78, 5) is 17.8. The number of likely N-dealkylation sites (N-methyl/N-ethyl adjacent to an activating group) is 1. The van der Waals surface area contributed by atoms with Crippen LogP contribution in [0.4, 0.5) is 0 Å². The Hall–Kier alpha value is -0.840. The quantitative estimate of drug-likeness (QED) is 0.834. The van der Waals surface area contributed by atoms with Crippen molar-refractivity contribution in [3.63, 3.8) is 0 Å². The van der Waals surface area contributed by atoms with Crippen molar-refractivity contribution in [1.29, 1.82) is 0 Å². The van der Waals surface area contributed by atoms with E-state index in [1.54, 1.807) is 23.2 Å². The van der Waals surface area contributed by atoms with Gasteiger partial charge in [0.05, 0.1) is 5.56 Å². The predicted octanol–water partition coefficient (Wildman–Crippen LogP) is 1.59. The molecule has 0 saturated carbocycles. The third kappa shape index (κ3) is 3.09. The Balaban J connectivity index is 0.00000144. The highest BCUT2D eigenvalue weighted by Gasteiger charge is 2.25. The van der Waals surface area contributed by atoms with E-state index in [0.717, 1.165) is 19.5 Å². The van der Waals surface area contributed by atoms with Gasteiger partial charge >= 0.3 is 0 Å². The molecule has 1 atom stereocenters. The average Bonchev–Trinajstić information content (AvgIpc) is 2.81. The van der Waals surface area contributed by atoms with Crippen molar-refractivity contribution in [1.82, 2.24) is 15.2 Å². The van der Waals surface area contributed by atoms with Crippen LogP contribution in [0.15, 0.2) is 18.3 Å². The Morgan fingerprint density at radius 1 is 1.65 bits per heavy atom. The summed E-state index contributed by atoms with van der Waals surface area (Å²) in [6, 6.07) is 3.68. The topological polar surface area (TPSA) is 45.2 Å². The van der Waals surface area contributed by atoms with E-state index < -0.39 is 0 Å².